The minimum absolute atomic E-state index is 0.0804. The van der Waals surface area contributed by atoms with Crippen molar-refractivity contribution in [3.63, 3.8) is 0 Å². The fraction of sp³-hybridized carbons (Fsp3) is 0.435. The van der Waals surface area contributed by atoms with Crippen LogP contribution in [0.25, 0.3) is 0 Å². The lowest BCUT2D eigenvalue weighted by Crippen LogP contribution is -2.48. The maximum absolute atomic E-state index is 13.7. The Labute approximate surface area is 193 Å². The number of nitrogens with zero attached hydrogens (tertiary/aromatic N) is 2. The predicted octanol–water partition coefficient (Wildman–Crippen LogP) is 5.31. The van der Waals surface area contributed by atoms with Gasteiger partial charge in [-0.25, -0.2) is 4.39 Å². The standard InChI is InChI=1S/C23H26BrF4N3O/c1-15(2)31-9-7-30(8-10-31)14-17-4-5-18(13-19(17)23(26,27)28)29-22(32)12-16-3-6-21(25)20(24)11-16/h3-6,11,13,15H,7-10,12,14H2,1-2H3,(H,29,32). The minimum atomic E-state index is -4.53. The molecule has 0 saturated carbocycles. The van der Waals surface area contributed by atoms with Crippen molar-refractivity contribution in [3.8, 4) is 0 Å². The van der Waals surface area contributed by atoms with Gasteiger partial charge in [-0.1, -0.05) is 12.1 Å². The van der Waals surface area contributed by atoms with Crippen molar-refractivity contribution in [1.29, 1.82) is 0 Å². The summed E-state index contributed by atoms with van der Waals surface area (Å²) in [7, 11) is 0. The maximum atomic E-state index is 13.7. The number of rotatable bonds is 6. The molecule has 0 aromatic heterocycles. The van der Waals surface area contributed by atoms with Crippen molar-refractivity contribution in [2.24, 2.45) is 0 Å². The van der Waals surface area contributed by atoms with Crippen molar-refractivity contribution in [1.82, 2.24) is 9.80 Å². The van der Waals surface area contributed by atoms with Crippen LogP contribution >= 0.6 is 15.9 Å². The SMILES string of the molecule is CC(C)N1CCN(Cc2ccc(NC(=O)Cc3ccc(F)c(Br)c3)cc2C(F)(F)F)CC1. The van der Waals surface area contributed by atoms with E-state index in [-0.39, 0.29) is 28.7 Å². The molecule has 2 aromatic rings. The van der Waals surface area contributed by atoms with Crippen LogP contribution in [-0.2, 0) is 23.9 Å². The summed E-state index contributed by atoms with van der Waals surface area (Å²) in [5, 5.41) is 2.52. The van der Waals surface area contributed by atoms with Gasteiger partial charge in [0.25, 0.3) is 0 Å². The maximum Gasteiger partial charge on any atom is 0.416 e. The van der Waals surface area contributed by atoms with Crippen LogP contribution in [0, 0.1) is 5.82 Å². The van der Waals surface area contributed by atoms with Crippen LogP contribution in [0.15, 0.2) is 40.9 Å². The summed E-state index contributed by atoms with van der Waals surface area (Å²) in [4.78, 5) is 16.6. The number of piperazine rings is 1. The molecule has 0 unspecified atom stereocenters. The van der Waals surface area contributed by atoms with E-state index < -0.39 is 23.5 Å². The third-order valence-electron chi connectivity index (χ3n) is 5.58. The third-order valence-corrected chi connectivity index (χ3v) is 6.19. The zero-order valence-electron chi connectivity index (χ0n) is 18.0. The van der Waals surface area contributed by atoms with Crippen LogP contribution in [0.3, 0.4) is 0 Å². The van der Waals surface area contributed by atoms with Gasteiger partial charge in [0.15, 0.2) is 0 Å². The molecule has 3 rings (SSSR count). The van der Waals surface area contributed by atoms with Crippen molar-refractivity contribution < 1.29 is 22.4 Å². The van der Waals surface area contributed by atoms with Crippen LogP contribution in [0.5, 0.6) is 0 Å². The molecule has 0 atom stereocenters. The van der Waals surface area contributed by atoms with Gasteiger partial charge in [-0.05, 0) is 65.2 Å². The number of benzene rings is 2. The second-order valence-electron chi connectivity index (χ2n) is 8.25. The minimum Gasteiger partial charge on any atom is -0.326 e. The summed E-state index contributed by atoms with van der Waals surface area (Å²) in [6.45, 7) is 7.50. The molecule has 1 N–H and O–H groups in total. The number of anilines is 1. The first kappa shape index (κ1) is 24.7. The topological polar surface area (TPSA) is 35.6 Å². The smallest absolute Gasteiger partial charge is 0.326 e. The number of alkyl halides is 3. The Hall–Kier alpha value is -1.97. The van der Waals surface area contributed by atoms with E-state index in [9.17, 15) is 22.4 Å². The van der Waals surface area contributed by atoms with E-state index in [2.05, 4.69) is 40.0 Å². The summed E-state index contributed by atoms with van der Waals surface area (Å²) < 4.78 is 54.8. The quantitative estimate of drug-likeness (QED) is 0.529. The average Bonchev–Trinajstić information content (AvgIpc) is 2.71. The first-order chi connectivity index (χ1) is 15.0. The van der Waals surface area contributed by atoms with Gasteiger partial charge >= 0.3 is 6.18 Å². The Kier molecular flexibility index (Phi) is 7.95. The molecule has 1 fully saturated rings. The summed E-state index contributed by atoms with van der Waals surface area (Å²) >= 11 is 3.05. The molecule has 0 radical (unpaired) electrons. The molecule has 4 nitrogen and oxygen atoms in total. The van der Waals surface area contributed by atoms with Crippen LogP contribution in [0.2, 0.25) is 0 Å². The molecule has 1 saturated heterocycles. The molecule has 9 heteroatoms. The summed E-state index contributed by atoms with van der Waals surface area (Å²) in [5.41, 5.74) is 0.0722. The zero-order chi connectivity index (χ0) is 23.5. The Bertz CT molecular complexity index is 957. The summed E-state index contributed by atoms with van der Waals surface area (Å²) in [6, 6.07) is 8.49. The Morgan fingerprint density at radius 2 is 1.78 bits per heavy atom. The van der Waals surface area contributed by atoms with Gasteiger partial charge in [0, 0.05) is 44.5 Å². The Balaban J connectivity index is 1.69. The molecule has 1 heterocycles. The van der Waals surface area contributed by atoms with E-state index in [0.29, 0.717) is 24.7 Å². The van der Waals surface area contributed by atoms with E-state index in [1.165, 1.54) is 30.3 Å². The van der Waals surface area contributed by atoms with Crippen molar-refractivity contribution in [2.45, 2.75) is 39.0 Å². The number of halogens is 5. The highest BCUT2D eigenvalue weighted by Crippen LogP contribution is 2.34. The summed E-state index contributed by atoms with van der Waals surface area (Å²) in [5.74, 6) is -0.931. The van der Waals surface area contributed by atoms with Gasteiger partial charge in [0.05, 0.1) is 16.5 Å². The molecule has 0 spiro atoms. The van der Waals surface area contributed by atoms with Crippen LogP contribution in [-0.4, -0.2) is 47.9 Å². The molecule has 1 aliphatic rings. The van der Waals surface area contributed by atoms with Gasteiger partial charge in [-0.2, -0.15) is 13.2 Å². The largest absolute Gasteiger partial charge is 0.416 e. The van der Waals surface area contributed by atoms with E-state index >= 15 is 0 Å². The van der Waals surface area contributed by atoms with Gasteiger partial charge in [0.1, 0.15) is 5.82 Å². The van der Waals surface area contributed by atoms with E-state index in [1.807, 2.05) is 4.90 Å². The number of carbonyl (C=O) groups excluding carboxylic acids is 1. The molecular formula is C23H26BrF4N3O. The number of hydrogen-bond acceptors (Lipinski definition) is 3. The van der Waals surface area contributed by atoms with Crippen LogP contribution in [0.1, 0.15) is 30.5 Å². The number of carbonyl (C=O) groups is 1. The second-order valence-corrected chi connectivity index (χ2v) is 9.10. The highest BCUT2D eigenvalue weighted by Gasteiger charge is 2.34. The monoisotopic (exact) mass is 515 g/mol. The highest BCUT2D eigenvalue weighted by molar-refractivity contribution is 9.10. The van der Waals surface area contributed by atoms with Gasteiger partial charge in [-0.3, -0.25) is 14.6 Å². The molecule has 0 bridgehead atoms. The van der Waals surface area contributed by atoms with Crippen molar-refractivity contribution in [2.75, 3.05) is 31.5 Å². The molecule has 32 heavy (non-hydrogen) atoms. The van der Waals surface area contributed by atoms with Gasteiger partial charge in [-0.15, -0.1) is 0 Å². The molecule has 0 aliphatic carbocycles. The van der Waals surface area contributed by atoms with E-state index in [0.717, 1.165) is 19.2 Å². The molecule has 1 aliphatic heterocycles. The first-order valence-electron chi connectivity index (χ1n) is 10.4. The normalized spacial score (nSPS) is 15.9. The Morgan fingerprint density at radius 3 is 2.38 bits per heavy atom. The zero-order valence-corrected chi connectivity index (χ0v) is 19.6. The highest BCUT2D eigenvalue weighted by atomic mass is 79.9. The first-order valence-corrected chi connectivity index (χ1v) is 11.2. The molecular weight excluding hydrogens is 490 g/mol. The van der Waals surface area contributed by atoms with E-state index in [4.69, 9.17) is 0 Å². The average molecular weight is 516 g/mol. The van der Waals surface area contributed by atoms with Gasteiger partial charge in [0.2, 0.25) is 5.91 Å². The lowest BCUT2D eigenvalue weighted by Gasteiger charge is -2.37. The van der Waals surface area contributed by atoms with Crippen molar-refractivity contribution >= 4 is 27.5 Å². The van der Waals surface area contributed by atoms with E-state index in [1.54, 1.807) is 0 Å². The lowest BCUT2D eigenvalue weighted by atomic mass is 10.0. The van der Waals surface area contributed by atoms with Crippen LogP contribution in [0.4, 0.5) is 23.2 Å². The van der Waals surface area contributed by atoms with Crippen molar-refractivity contribution in [3.05, 3.63) is 63.4 Å². The fourth-order valence-corrected chi connectivity index (χ4v) is 4.20. The molecule has 2 aromatic carbocycles. The van der Waals surface area contributed by atoms with Crippen LogP contribution < -0.4 is 5.32 Å². The number of hydrogen-bond donors (Lipinski definition) is 1. The van der Waals surface area contributed by atoms with Gasteiger partial charge < -0.3 is 5.32 Å². The number of nitrogens with one attached hydrogen (secondary N) is 1. The molecule has 174 valence electrons. The molecule has 1 amide bonds. The summed E-state index contributed by atoms with van der Waals surface area (Å²) in [6.07, 6.45) is -4.61. The predicted molar refractivity (Wildman–Crippen MR) is 120 cm³/mol. The Morgan fingerprint density at radius 1 is 1.09 bits per heavy atom. The lowest BCUT2D eigenvalue weighted by molar-refractivity contribution is -0.138. The number of amides is 1. The second kappa shape index (κ2) is 10.3. The fourth-order valence-electron chi connectivity index (χ4n) is 3.77. The third kappa shape index (κ3) is 6.52.